The van der Waals surface area contributed by atoms with Gasteiger partial charge in [-0.3, -0.25) is 9.59 Å². The van der Waals surface area contributed by atoms with Crippen molar-refractivity contribution in [2.75, 3.05) is 41.9 Å². The summed E-state index contributed by atoms with van der Waals surface area (Å²) in [6, 6.07) is 15.2. The number of benzene rings is 2. The fraction of sp³-hybridized carbons (Fsp3) is 0.391. The third kappa shape index (κ3) is 5.73. The number of amides is 2. The lowest BCUT2D eigenvalue weighted by molar-refractivity contribution is -0.117. The van der Waals surface area contributed by atoms with Crippen molar-refractivity contribution in [3.05, 3.63) is 48.5 Å². The Morgan fingerprint density at radius 1 is 1.00 bits per heavy atom. The van der Waals surface area contributed by atoms with E-state index in [4.69, 9.17) is 4.74 Å². The summed E-state index contributed by atoms with van der Waals surface area (Å²) in [5.41, 5.74) is 2.72. The van der Waals surface area contributed by atoms with Crippen LogP contribution in [0.5, 0.6) is 5.75 Å². The van der Waals surface area contributed by atoms with Gasteiger partial charge in [0.25, 0.3) is 0 Å². The lowest BCUT2D eigenvalue weighted by atomic mass is 10.1. The van der Waals surface area contributed by atoms with Crippen molar-refractivity contribution in [1.29, 1.82) is 0 Å². The summed E-state index contributed by atoms with van der Waals surface area (Å²) in [6.07, 6.45) is 4.00. The summed E-state index contributed by atoms with van der Waals surface area (Å²) in [5, 5.41) is 2.92. The van der Waals surface area contributed by atoms with Crippen molar-refractivity contribution >= 4 is 28.9 Å². The highest BCUT2D eigenvalue weighted by atomic mass is 16.5. The molecule has 0 aliphatic carbocycles. The van der Waals surface area contributed by atoms with Gasteiger partial charge in [0.05, 0.1) is 7.11 Å². The number of methoxy groups -OCH3 is 1. The molecule has 0 bridgehead atoms. The molecule has 1 aliphatic rings. The highest BCUT2D eigenvalue weighted by Crippen LogP contribution is 2.22. The zero-order valence-corrected chi connectivity index (χ0v) is 17.2. The zero-order chi connectivity index (χ0) is 20.6. The lowest BCUT2D eigenvalue weighted by Gasteiger charge is -2.28. The Kier molecular flexibility index (Phi) is 7.11. The monoisotopic (exact) mass is 395 g/mol. The number of hydrogen-bond acceptors (Lipinski definition) is 4. The van der Waals surface area contributed by atoms with E-state index in [9.17, 15) is 9.59 Å². The van der Waals surface area contributed by atoms with Gasteiger partial charge in [0.15, 0.2) is 0 Å². The first kappa shape index (κ1) is 20.7. The third-order valence-electron chi connectivity index (χ3n) is 5.20. The number of nitrogens with zero attached hydrogens (tertiary/aromatic N) is 2. The van der Waals surface area contributed by atoms with Crippen LogP contribution in [-0.2, 0) is 9.59 Å². The predicted octanol–water partition coefficient (Wildman–Crippen LogP) is 4.07. The van der Waals surface area contributed by atoms with E-state index in [1.54, 1.807) is 24.1 Å². The summed E-state index contributed by atoms with van der Waals surface area (Å²) in [6.45, 7) is 4.01. The van der Waals surface area contributed by atoms with Gasteiger partial charge in [0, 0.05) is 50.0 Å². The Hall–Kier alpha value is -3.02. The molecular formula is C23H29N3O3. The van der Waals surface area contributed by atoms with Gasteiger partial charge in [-0.1, -0.05) is 0 Å². The molecule has 2 amide bonds. The number of hydrogen-bond donors (Lipinski definition) is 1. The van der Waals surface area contributed by atoms with Gasteiger partial charge in [0.2, 0.25) is 11.8 Å². The quantitative estimate of drug-likeness (QED) is 0.768. The van der Waals surface area contributed by atoms with Gasteiger partial charge in [-0.25, -0.2) is 0 Å². The molecule has 29 heavy (non-hydrogen) atoms. The number of nitrogens with one attached hydrogen (secondary N) is 1. The minimum atomic E-state index is -0.115. The number of carbonyl (C=O) groups excluding carboxylic acids is 2. The van der Waals surface area contributed by atoms with Gasteiger partial charge in [-0.15, -0.1) is 0 Å². The van der Waals surface area contributed by atoms with Crippen LogP contribution >= 0.6 is 0 Å². The van der Waals surface area contributed by atoms with Gasteiger partial charge in [-0.2, -0.15) is 0 Å². The average molecular weight is 396 g/mol. The van der Waals surface area contributed by atoms with E-state index < -0.39 is 0 Å². The van der Waals surface area contributed by atoms with E-state index in [1.807, 2.05) is 24.3 Å². The first-order valence-electron chi connectivity index (χ1n) is 10.1. The molecule has 1 saturated heterocycles. The summed E-state index contributed by atoms with van der Waals surface area (Å²) >= 11 is 0. The van der Waals surface area contributed by atoms with E-state index in [0.717, 1.165) is 30.2 Å². The molecule has 0 unspecified atom stereocenters. The standard InChI is InChI=1S/C23H29N3O3/c1-18(27)26(21-10-12-22(29-2)13-11-21)17-14-23(28)24-19-6-8-20(9-7-19)25-15-4-3-5-16-25/h6-13H,3-5,14-17H2,1-2H3,(H,24,28). The Labute approximate surface area is 172 Å². The topological polar surface area (TPSA) is 61.9 Å². The maximum absolute atomic E-state index is 12.4. The average Bonchev–Trinajstić information content (AvgIpc) is 2.75. The molecule has 0 aromatic heterocycles. The Morgan fingerprint density at radius 3 is 2.24 bits per heavy atom. The molecule has 0 atom stereocenters. The van der Waals surface area contributed by atoms with Crippen molar-refractivity contribution in [2.45, 2.75) is 32.6 Å². The van der Waals surface area contributed by atoms with Crippen molar-refractivity contribution < 1.29 is 14.3 Å². The second-order valence-electron chi connectivity index (χ2n) is 7.26. The van der Waals surface area contributed by atoms with Crippen molar-refractivity contribution in [1.82, 2.24) is 0 Å². The van der Waals surface area contributed by atoms with Gasteiger partial charge in [-0.05, 0) is 67.8 Å². The van der Waals surface area contributed by atoms with Crippen LogP contribution in [0.25, 0.3) is 0 Å². The normalized spacial score (nSPS) is 13.7. The Bertz CT molecular complexity index is 812. The molecule has 1 fully saturated rings. The molecule has 3 rings (SSSR count). The molecule has 2 aromatic carbocycles. The first-order valence-corrected chi connectivity index (χ1v) is 10.1. The molecule has 0 spiro atoms. The van der Waals surface area contributed by atoms with Crippen molar-refractivity contribution in [2.24, 2.45) is 0 Å². The van der Waals surface area contributed by atoms with E-state index in [2.05, 4.69) is 22.3 Å². The van der Waals surface area contributed by atoms with Gasteiger partial charge >= 0.3 is 0 Å². The fourth-order valence-corrected chi connectivity index (χ4v) is 3.58. The van der Waals surface area contributed by atoms with E-state index in [0.29, 0.717) is 6.54 Å². The minimum Gasteiger partial charge on any atom is -0.497 e. The van der Waals surface area contributed by atoms with Crippen LogP contribution in [0.2, 0.25) is 0 Å². The molecule has 6 nitrogen and oxygen atoms in total. The van der Waals surface area contributed by atoms with Gasteiger partial charge < -0.3 is 19.9 Å². The van der Waals surface area contributed by atoms with Crippen molar-refractivity contribution in [3.8, 4) is 5.75 Å². The number of rotatable bonds is 7. The molecule has 154 valence electrons. The van der Waals surface area contributed by atoms with Crippen LogP contribution < -0.4 is 19.9 Å². The molecule has 1 heterocycles. The van der Waals surface area contributed by atoms with E-state index in [1.165, 1.54) is 31.9 Å². The van der Waals surface area contributed by atoms with Crippen LogP contribution in [0.15, 0.2) is 48.5 Å². The lowest BCUT2D eigenvalue weighted by Crippen LogP contribution is -2.32. The molecule has 0 radical (unpaired) electrons. The summed E-state index contributed by atoms with van der Waals surface area (Å²) < 4.78 is 5.15. The van der Waals surface area contributed by atoms with Crippen molar-refractivity contribution in [3.63, 3.8) is 0 Å². The zero-order valence-electron chi connectivity index (χ0n) is 17.2. The Morgan fingerprint density at radius 2 is 1.66 bits per heavy atom. The number of carbonyl (C=O) groups is 2. The maximum atomic E-state index is 12.4. The van der Waals surface area contributed by atoms with Crippen LogP contribution in [-0.4, -0.2) is 38.6 Å². The largest absolute Gasteiger partial charge is 0.497 e. The molecule has 1 N–H and O–H groups in total. The summed E-state index contributed by atoms with van der Waals surface area (Å²) in [5.74, 6) is 0.507. The second kappa shape index (κ2) is 9.96. The predicted molar refractivity (Wildman–Crippen MR) is 117 cm³/mol. The summed E-state index contributed by atoms with van der Waals surface area (Å²) in [7, 11) is 1.60. The van der Waals surface area contributed by atoms with E-state index >= 15 is 0 Å². The van der Waals surface area contributed by atoms with Crippen LogP contribution in [0, 0.1) is 0 Å². The molecular weight excluding hydrogens is 366 g/mol. The third-order valence-corrected chi connectivity index (χ3v) is 5.20. The fourth-order valence-electron chi connectivity index (χ4n) is 3.58. The smallest absolute Gasteiger partial charge is 0.226 e. The van der Waals surface area contributed by atoms with E-state index in [-0.39, 0.29) is 18.2 Å². The molecule has 2 aromatic rings. The second-order valence-corrected chi connectivity index (χ2v) is 7.26. The van der Waals surface area contributed by atoms with Crippen LogP contribution in [0.4, 0.5) is 17.1 Å². The Balaban J connectivity index is 1.54. The first-order chi connectivity index (χ1) is 14.1. The maximum Gasteiger partial charge on any atom is 0.226 e. The molecule has 1 aliphatic heterocycles. The molecule has 0 saturated carbocycles. The molecule has 6 heteroatoms. The SMILES string of the molecule is COc1ccc(N(CCC(=O)Nc2ccc(N3CCCCC3)cc2)C(C)=O)cc1. The summed E-state index contributed by atoms with van der Waals surface area (Å²) in [4.78, 5) is 28.4. The number of anilines is 3. The highest BCUT2D eigenvalue weighted by molar-refractivity contribution is 5.94. The van der Waals surface area contributed by atoms with Crippen LogP contribution in [0.1, 0.15) is 32.6 Å². The highest BCUT2D eigenvalue weighted by Gasteiger charge is 2.14. The number of piperidine rings is 1. The number of ether oxygens (including phenoxy) is 1. The van der Waals surface area contributed by atoms with Crippen LogP contribution in [0.3, 0.4) is 0 Å². The van der Waals surface area contributed by atoms with Gasteiger partial charge in [0.1, 0.15) is 5.75 Å². The minimum absolute atomic E-state index is 0.103.